The van der Waals surface area contributed by atoms with Crippen LogP contribution in [-0.2, 0) is 13.2 Å². The van der Waals surface area contributed by atoms with Gasteiger partial charge in [0, 0.05) is 23.7 Å². The molecular weight excluding hydrogens is 435 g/mol. The highest BCUT2D eigenvalue weighted by Gasteiger charge is 2.35. The van der Waals surface area contributed by atoms with Crippen LogP contribution in [0.2, 0.25) is 0 Å². The Morgan fingerprint density at radius 1 is 1.29 bits per heavy atom. The molecule has 3 N–H and O–H groups in total. The Morgan fingerprint density at radius 3 is 2.58 bits per heavy atom. The third-order valence-corrected chi connectivity index (χ3v) is 5.65. The van der Waals surface area contributed by atoms with Crippen LogP contribution in [0.3, 0.4) is 0 Å². The smallest absolute Gasteiger partial charge is 0.433 e. The molecule has 12 heteroatoms. The van der Waals surface area contributed by atoms with Gasteiger partial charge in [-0.05, 0) is 31.2 Å². The van der Waals surface area contributed by atoms with Gasteiger partial charge >= 0.3 is 6.18 Å². The van der Waals surface area contributed by atoms with Gasteiger partial charge in [-0.2, -0.15) is 18.3 Å². The van der Waals surface area contributed by atoms with Crippen LogP contribution in [0.5, 0.6) is 0 Å². The number of amides is 2. The lowest BCUT2D eigenvalue weighted by atomic mass is 10.1. The van der Waals surface area contributed by atoms with Gasteiger partial charge in [-0.3, -0.25) is 14.3 Å². The number of furan rings is 1. The molecule has 0 aliphatic rings. The number of hydrogen-bond donors (Lipinski definition) is 2. The van der Waals surface area contributed by atoms with Crippen molar-refractivity contribution in [1.29, 1.82) is 0 Å². The summed E-state index contributed by atoms with van der Waals surface area (Å²) >= 11 is 0.652. The molecule has 0 radical (unpaired) electrons. The van der Waals surface area contributed by atoms with Gasteiger partial charge in [-0.1, -0.05) is 0 Å². The van der Waals surface area contributed by atoms with Crippen LogP contribution < -0.4 is 11.1 Å². The zero-order valence-corrected chi connectivity index (χ0v) is 16.9. The number of rotatable bonds is 4. The van der Waals surface area contributed by atoms with Crippen molar-refractivity contribution in [2.75, 3.05) is 5.32 Å². The standard InChI is InChI=1S/C19H14F3N5O3S/c1-8-6-10(26-27(8)2)17(29)25-14-13-9(11-4-3-5-30-11)7-12(19(20,21)22)24-18(13)31-15(14)16(23)28/h3-7H,1-2H3,(H2,23,28)(H,25,29). The number of nitrogens with two attached hydrogens (primary N) is 1. The average Bonchev–Trinajstić information content (AvgIpc) is 3.40. The van der Waals surface area contributed by atoms with Crippen molar-refractivity contribution < 1.29 is 27.2 Å². The van der Waals surface area contributed by atoms with Crippen molar-refractivity contribution in [3.05, 3.63) is 52.5 Å². The lowest BCUT2D eigenvalue weighted by Crippen LogP contribution is -2.17. The summed E-state index contributed by atoms with van der Waals surface area (Å²) in [5.41, 5.74) is 5.02. The molecule has 0 saturated heterocycles. The highest BCUT2D eigenvalue weighted by molar-refractivity contribution is 7.21. The van der Waals surface area contributed by atoms with Crippen LogP contribution in [0.25, 0.3) is 21.5 Å². The van der Waals surface area contributed by atoms with Crippen LogP contribution in [0.15, 0.2) is 34.9 Å². The third kappa shape index (κ3) is 3.65. The van der Waals surface area contributed by atoms with Crippen molar-refractivity contribution in [3.63, 3.8) is 0 Å². The van der Waals surface area contributed by atoms with E-state index in [1.165, 1.54) is 29.1 Å². The maximum absolute atomic E-state index is 13.4. The molecule has 8 nitrogen and oxygen atoms in total. The second-order valence-corrected chi connectivity index (χ2v) is 7.63. The van der Waals surface area contributed by atoms with E-state index in [1.54, 1.807) is 14.0 Å². The second-order valence-electron chi connectivity index (χ2n) is 6.63. The number of carbonyl (C=O) groups is 2. The van der Waals surface area contributed by atoms with E-state index in [4.69, 9.17) is 10.2 Å². The van der Waals surface area contributed by atoms with E-state index in [1.807, 2.05) is 0 Å². The van der Waals surface area contributed by atoms with E-state index in [0.717, 1.165) is 6.07 Å². The Morgan fingerprint density at radius 2 is 2.03 bits per heavy atom. The number of aryl methyl sites for hydroxylation is 2. The van der Waals surface area contributed by atoms with E-state index < -0.39 is 23.7 Å². The van der Waals surface area contributed by atoms with E-state index in [2.05, 4.69) is 15.4 Å². The van der Waals surface area contributed by atoms with Gasteiger partial charge in [0.05, 0.1) is 12.0 Å². The first-order chi connectivity index (χ1) is 14.6. The lowest BCUT2D eigenvalue weighted by molar-refractivity contribution is -0.140. The minimum absolute atomic E-state index is 0.0126. The van der Waals surface area contributed by atoms with E-state index in [-0.39, 0.29) is 37.8 Å². The molecule has 0 aliphatic carbocycles. The number of hydrogen-bond acceptors (Lipinski definition) is 6. The Kier molecular flexibility index (Phi) is 4.81. The molecule has 0 aliphatic heterocycles. The fraction of sp³-hybridized carbons (Fsp3) is 0.158. The summed E-state index contributed by atoms with van der Waals surface area (Å²) in [7, 11) is 1.65. The van der Waals surface area contributed by atoms with Crippen LogP contribution in [-0.4, -0.2) is 26.6 Å². The Bertz CT molecular complexity index is 1300. The second kappa shape index (κ2) is 7.23. The van der Waals surface area contributed by atoms with Gasteiger partial charge in [0.15, 0.2) is 5.69 Å². The fourth-order valence-electron chi connectivity index (χ4n) is 3.01. The highest BCUT2D eigenvalue weighted by Crippen LogP contribution is 2.43. The van der Waals surface area contributed by atoms with Crippen molar-refractivity contribution in [3.8, 4) is 11.3 Å². The Labute approximate surface area is 176 Å². The maximum atomic E-state index is 13.4. The summed E-state index contributed by atoms with van der Waals surface area (Å²) in [6.07, 6.45) is -3.44. The quantitative estimate of drug-likeness (QED) is 0.489. The number of carbonyl (C=O) groups excluding carboxylic acids is 2. The summed E-state index contributed by atoms with van der Waals surface area (Å²) in [4.78, 5) is 28.2. The number of primary amides is 1. The monoisotopic (exact) mass is 449 g/mol. The van der Waals surface area contributed by atoms with Gasteiger partial charge in [0.2, 0.25) is 0 Å². The number of aromatic nitrogens is 3. The van der Waals surface area contributed by atoms with Crippen molar-refractivity contribution in [1.82, 2.24) is 14.8 Å². The third-order valence-electron chi connectivity index (χ3n) is 4.55. The summed E-state index contributed by atoms with van der Waals surface area (Å²) in [5.74, 6) is -1.47. The number of halogens is 3. The molecule has 0 fully saturated rings. The number of thiophene rings is 1. The van der Waals surface area contributed by atoms with E-state index in [0.29, 0.717) is 17.0 Å². The first kappa shape index (κ1) is 20.6. The molecular formula is C19H14F3N5O3S. The molecule has 31 heavy (non-hydrogen) atoms. The van der Waals surface area contributed by atoms with Crippen molar-refractivity contribution >= 4 is 39.1 Å². The van der Waals surface area contributed by atoms with Crippen LogP contribution in [0, 0.1) is 6.92 Å². The summed E-state index contributed by atoms with van der Waals surface area (Å²) < 4.78 is 47.0. The number of fused-ring (bicyclic) bond motifs is 1. The molecule has 4 heterocycles. The molecule has 4 rings (SSSR count). The van der Waals surface area contributed by atoms with Crippen LogP contribution >= 0.6 is 11.3 Å². The Balaban J connectivity index is 1.96. The van der Waals surface area contributed by atoms with Gasteiger partial charge in [0.1, 0.15) is 21.2 Å². The van der Waals surface area contributed by atoms with Gasteiger partial charge in [0.25, 0.3) is 11.8 Å². The van der Waals surface area contributed by atoms with Gasteiger partial charge < -0.3 is 15.5 Å². The summed E-state index contributed by atoms with van der Waals surface area (Å²) in [6.45, 7) is 1.75. The zero-order chi connectivity index (χ0) is 22.5. The van der Waals surface area contributed by atoms with Crippen LogP contribution in [0.4, 0.5) is 18.9 Å². The van der Waals surface area contributed by atoms with Crippen molar-refractivity contribution in [2.24, 2.45) is 12.8 Å². The van der Waals surface area contributed by atoms with Gasteiger partial charge in [-0.25, -0.2) is 4.98 Å². The highest BCUT2D eigenvalue weighted by atomic mass is 32.1. The molecule has 0 spiro atoms. The van der Waals surface area contributed by atoms with E-state index >= 15 is 0 Å². The van der Waals surface area contributed by atoms with Gasteiger partial charge in [-0.15, -0.1) is 11.3 Å². The lowest BCUT2D eigenvalue weighted by Gasteiger charge is -2.10. The number of anilines is 1. The zero-order valence-electron chi connectivity index (χ0n) is 16.1. The topological polar surface area (TPSA) is 116 Å². The van der Waals surface area contributed by atoms with E-state index in [9.17, 15) is 22.8 Å². The van der Waals surface area contributed by atoms with Crippen molar-refractivity contribution in [2.45, 2.75) is 13.1 Å². The average molecular weight is 449 g/mol. The van der Waals surface area contributed by atoms with Crippen LogP contribution in [0.1, 0.15) is 31.5 Å². The molecule has 0 atom stereocenters. The predicted molar refractivity (Wildman–Crippen MR) is 107 cm³/mol. The molecule has 0 unspecified atom stereocenters. The SMILES string of the molecule is Cc1cc(C(=O)Nc2c(C(N)=O)sc3nc(C(F)(F)F)cc(-c4ccco4)c23)nn1C. The molecule has 0 saturated carbocycles. The predicted octanol–water partition coefficient (Wildman–Crippen LogP) is 3.97. The normalized spacial score (nSPS) is 11.8. The first-order valence-corrected chi connectivity index (χ1v) is 9.58. The molecule has 0 aromatic carbocycles. The molecule has 2 amide bonds. The summed E-state index contributed by atoms with van der Waals surface area (Å²) in [5, 5.41) is 6.75. The number of nitrogens with zero attached hydrogens (tertiary/aromatic N) is 3. The molecule has 160 valence electrons. The number of alkyl halides is 3. The minimum Gasteiger partial charge on any atom is -0.464 e. The maximum Gasteiger partial charge on any atom is 0.433 e. The summed E-state index contributed by atoms with van der Waals surface area (Å²) in [6, 6.07) is 5.30. The fourth-order valence-corrected chi connectivity index (χ4v) is 4.02. The number of pyridine rings is 1. The largest absolute Gasteiger partial charge is 0.464 e. The Hall–Kier alpha value is -3.67. The minimum atomic E-state index is -4.73. The molecule has 4 aromatic rings. The first-order valence-electron chi connectivity index (χ1n) is 8.76. The number of nitrogens with one attached hydrogen (secondary N) is 1. The molecule has 4 aromatic heterocycles. The molecule has 0 bridgehead atoms.